The van der Waals surface area contributed by atoms with Crippen molar-refractivity contribution in [2.75, 3.05) is 6.54 Å². The van der Waals surface area contributed by atoms with E-state index in [-0.39, 0.29) is 0 Å². The molecule has 1 aromatic rings. The Hall–Kier alpha value is -1.34. The van der Waals surface area contributed by atoms with Gasteiger partial charge in [0.2, 0.25) is 0 Å². The monoisotopic (exact) mass is 246 g/mol. The lowest BCUT2D eigenvalue weighted by Crippen LogP contribution is -2.16. The molecule has 0 fully saturated rings. The van der Waals surface area contributed by atoms with Gasteiger partial charge in [-0.2, -0.15) is 10.4 Å². The summed E-state index contributed by atoms with van der Waals surface area (Å²) in [6.07, 6.45) is 4.48. The van der Waals surface area contributed by atoms with E-state index in [0.29, 0.717) is 18.4 Å². The summed E-state index contributed by atoms with van der Waals surface area (Å²) in [4.78, 5) is 0. The van der Waals surface area contributed by atoms with Crippen molar-refractivity contribution in [1.82, 2.24) is 9.78 Å². The molecule has 0 aliphatic heterocycles. The molecule has 0 bridgehead atoms. The molecule has 4 nitrogen and oxygen atoms in total. The van der Waals surface area contributed by atoms with E-state index >= 15 is 0 Å². The Balaban J connectivity index is 2.46. The highest BCUT2D eigenvalue weighted by Gasteiger charge is 2.28. The fourth-order valence-corrected chi connectivity index (χ4v) is 3.01. The Morgan fingerprint density at radius 3 is 2.94 bits per heavy atom. The van der Waals surface area contributed by atoms with Crippen LogP contribution in [0.25, 0.3) is 0 Å². The molecule has 4 heteroatoms. The third-order valence-corrected chi connectivity index (χ3v) is 3.78. The number of nitrogens with two attached hydrogens (primary N) is 1. The van der Waals surface area contributed by atoms with Gasteiger partial charge in [0.05, 0.1) is 11.8 Å². The quantitative estimate of drug-likeness (QED) is 0.886. The van der Waals surface area contributed by atoms with Crippen LogP contribution in [0.5, 0.6) is 0 Å². The Bertz CT molecular complexity index is 453. The molecule has 1 aliphatic rings. The van der Waals surface area contributed by atoms with E-state index < -0.39 is 0 Å². The first-order chi connectivity index (χ1) is 8.69. The molecule has 18 heavy (non-hydrogen) atoms. The molecule has 1 aromatic heterocycles. The van der Waals surface area contributed by atoms with Crippen LogP contribution in [0, 0.1) is 11.3 Å². The van der Waals surface area contributed by atoms with E-state index in [2.05, 4.69) is 25.0 Å². The first-order valence-electron chi connectivity index (χ1n) is 6.85. The molecule has 2 rings (SSSR count). The minimum Gasteiger partial charge on any atom is -0.330 e. The number of rotatable bonds is 4. The van der Waals surface area contributed by atoms with Gasteiger partial charge in [0.15, 0.2) is 0 Å². The fourth-order valence-electron chi connectivity index (χ4n) is 3.01. The summed E-state index contributed by atoms with van der Waals surface area (Å²) in [5, 5.41) is 13.6. The maximum Gasteiger partial charge on any atom is 0.128 e. The van der Waals surface area contributed by atoms with Crippen molar-refractivity contribution in [3.8, 4) is 6.07 Å². The molecule has 2 N–H and O–H groups in total. The van der Waals surface area contributed by atoms with Crippen LogP contribution in [0.15, 0.2) is 0 Å². The van der Waals surface area contributed by atoms with Gasteiger partial charge in [-0.3, -0.25) is 4.68 Å². The summed E-state index contributed by atoms with van der Waals surface area (Å²) in [6.45, 7) is 5.44. The highest BCUT2D eigenvalue weighted by molar-refractivity contribution is 5.34. The van der Waals surface area contributed by atoms with Crippen molar-refractivity contribution in [2.24, 2.45) is 5.73 Å². The van der Waals surface area contributed by atoms with E-state index in [0.717, 1.165) is 19.4 Å². The molecule has 1 heterocycles. The summed E-state index contributed by atoms with van der Waals surface area (Å²) < 4.78 is 1.91. The molecule has 0 saturated carbocycles. The van der Waals surface area contributed by atoms with E-state index in [1.807, 2.05) is 4.68 Å². The second-order valence-corrected chi connectivity index (χ2v) is 5.38. The molecule has 98 valence electrons. The van der Waals surface area contributed by atoms with E-state index in [4.69, 9.17) is 11.0 Å². The van der Waals surface area contributed by atoms with E-state index in [9.17, 15) is 0 Å². The number of nitrogens with zero attached hydrogens (tertiary/aromatic N) is 3. The third-order valence-electron chi connectivity index (χ3n) is 3.78. The number of fused-ring (bicyclic) bond motifs is 1. The molecule has 0 radical (unpaired) electrons. The smallest absolute Gasteiger partial charge is 0.128 e. The van der Waals surface area contributed by atoms with Crippen LogP contribution in [-0.4, -0.2) is 16.3 Å². The van der Waals surface area contributed by atoms with Gasteiger partial charge in [-0.05, 0) is 49.6 Å². The maximum atomic E-state index is 8.91. The van der Waals surface area contributed by atoms with E-state index in [1.165, 1.54) is 29.8 Å². The normalized spacial score (nSPS) is 18.7. The number of aromatic nitrogens is 2. The average molecular weight is 246 g/mol. The van der Waals surface area contributed by atoms with Crippen molar-refractivity contribution in [1.29, 1.82) is 5.26 Å². The van der Waals surface area contributed by atoms with Crippen LogP contribution in [0.3, 0.4) is 0 Å². The molecular weight excluding hydrogens is 224 g/mol. The van der Waals surface area contributed by atoms with Crippen LogP contribution in [-0.2, 0) is 13.0 Å². The van der Waals surface area contributed by atoms with Gasteiger partial charge in [-0.15, -0.1) is 0 Å². The van der Waals surface area contributed by atoms with Crippen molar-refractivity contribution < 1.29 is 0 Å². The zero-order valence-electron chi connectivity index (χ0n) is 11.3. The Kier molecular flexibility index (Phi) is 4.03. The topological polar surface area (TPSA) is 67.6 Å². The molecule has 1 aliphatic carbocycles. The molecular formula is C14H22N4. The highest BCUT2D eigenvalue weighted by Crippen LogP contribution is 2.38. The lowest BCUT2D eigenvalue weighted by molar-refractivity contribution is 0.506. The zero-order valence-corrected chi connectivity index (χ0v) is 11.3. The predicted octanol–water partition coefficient (Wildman–Crippen LogP) is 2.30. The molecule has 0 saturated heterocycles. The van der Waals surface area contributed by atoms with Crippen molar-refractivity contribution in [2.45, 2.75) is 57.9 Å². The molecule has 0 aromatic carbocycles. The fraction of sp³-hybridized carbons (Fsp3) is 0.714. The molecule has 0 spiro atoms. The van der Waals surface area contributed by atoms with E-state index in [1.54, 1.807) is 0 Å². The summed E-state index contributed by atoms with van der Waals surface area (Å²) in [7, 11) is 0. The maximum absolute atomic E-state index is 8.91. The lowest BCUT2D eigenvalue weighted by Gasteiger charge is -2.24. The number of hydrogen-bond donors (Lipinski definition) is 1. The number of nitriles is 1. The van der Waals surface area contributed by atoms with Gasteiger partial charge in [0, 0.05) is 5.69 Å². The van der Waals surface area contributed by atoms with Crippen LogP contribution in [0.1, 0.15) is 61.9 Å². The largest absolute Gasteiger partial charge is 0.330 e. The van der Waals surface area contributed by atoms with Crippen LogP contribution < -0.4 is 5.73 Å². The molecule has 1 unspecified atom stereocenters. The summed E-state index contributed by atoms with van der Waals surface area (Å²) >= 11 is 0. The summed E-state index contributed by atoms with van der Waals surface area (Å²) in [5.74, 6) is 0.959. The average Bonchev–Trinajstić information content (AvgIpc) is 2.71. The Labute approximate surface area is 109 Å². The molecule has 0 amide bonds. The third kappa shape index (κ3) is 2.28. The van der Waals surface area contributed by atoms with Gasteiger partial charge in [0.25, 0.3) is 0 Å². The standard InChI is InChI=1S/C14H22N4/c1-10(2)14-13-11(6-7-15)4-3-5-12(13)18(17-14)9-8-16/h10-11H,3-7,9,15H2,1-2H3. The lowest BCUT2D eigenvalue weighted by atomic mass is 9.81. The van der Waals surface area contributed by atoms with Crippen molar-refractivity contribution in [3.05, 3.63) is 17.0 Å². The zero-order chi connectivity index (χ0) is 13.1. The second-order valence-electron chi connectivity index (χ2n) is 5.38. The van der Waals surface area contributed by atoms with Crippen LogP contribution in [0.4, 0.5) is 0 Å². The minimum absolute atomic E-state index is 0.365. The minimum atomic E-state index is 0.365. The molecule has 1 atom stereocenters. The van der Waals surface area contributed by atoms with Crippen LogP contribution >= 0.6 is 0 Å². The Morgan fingerprint density at radius 1 is 1.56 bits per heavy atom. The second kappa shape index (κ2) is 5.53. The Morgan fingerprint density at radius 2 is 2.33 bits per heavy atom. The first-order valence-corrected chi connectivity index (χ1v) is 6.85. The van der Waals surface area contributed by atoms with Gasteiger partial charge >= 0.3 is 0 Å². The predicted molar refractivity (Wildman–Crippen MR) is 71.3 cm³/mol. The van der Waals surface area contributed by atoms with Gasteiger partial charge in [-0.25, -0.2) is 0 Å². The first kappa shape index (κ1) is 13.1. The highest BCUT2D eigenvalue weighted by atomic mass is 15.3. The van der Waals surface area contributed by atoms with Gasteiger partial charge in [0.1, 0.15) is 6.54 Å². The summed E-state index contributed by atoms with van der Waals surface area (Å²) in [6, 6.07) is 2.21. The van der Waals surface area contributed by atoms with Crippen molar-refractivity contribution in [3.63, 3.8) is 0 Å². The van der Waals surface area contributed by atoms with Crippen molar-refractivity contribution >= 4 is 0 Å². The van der Waals surface area contributed by atoms with Gasteiger partial charge in [-0.1, -0.05) is 13.8 Å². The van der Waals surface area contributed by atoms with Crippen LogP contribution in [0.2, 0.25) is 0 Å². The SMILES string of the molecule is CC(C)c1nn(CC#N)c2c1C(CCN)CCC2. The van der Waals surface area contributed by atoms with Gasteiger partial charge < -0.3 is 5.73 Å². The number of hydrogen-bond acceptors (Lipinski definition) is 3. The summed E-state index contributed by atoms with van der Waals surface area (Å²) in [5.41, 5.74) is 9.59.